The zero-order valence-electron chi connectivity index (χ0n) is 8.11. The first kappa shape index (κ1) is 10.8. The third-order valence-corrected chi connectivity index (χ3v) is 3.45. The quantitative estimate of drug-likeness (QED) is 0.811. The second-order valence-electron chi connectivity index (χ2n) is 3.02. The maximum Gasteiger partial charge on any atom is 0.126 e. The fourth-order valence-electron chi connectivity index (χ4n) is 1.06. The molecule has 5 heteroatoms. The van der Waals surface area contributed by atoms with Crippen molar-refractivity contribution >= 4 is 34.1 Å². The first-order chi connectivity index (χ1) is 7.25. The molecule has 0 unspecified atom stereocenters. The van der Waals surface area contributed by atoms with Gasteiger partial charge in [0, 0.05) is 3.57 Å². The van der Waals surface area contributed by atoms with Crippen molar-refractivity contribution in [2.24, 2.45) is 0 Å². The van der Waals surface area contributed by atoms with Crippen LogP contribution in [0, 0.1) is 10.5 Å². The van der Waals surface area contributed by atoms with Crippen molar-refractivity contribution in [1.82, 2.24) is 9.59 Å². The minimum atomic E-state index is 0.546. The van der Waals surface area contributed by atoms with Gasteiger partial charge in [0.25, 0.3) is 0 Å². The number of halogens is 1. The van der Waals surface area contributed by atoms with E-state index in [2.05, 4.69) is 32.2 Å². The van der Waals surface area contributed by atoms with Gasteiger partial charge in [-0.3, -0.25) is 0 Å². The first-order valence-corrected chi connectivity index (χ1v) is 6.27. The minimum absolute atomic E-state index is 0.546. The molecule has 0 atom stereocenters. The van der Waals surface area contributed by atoms with Crippen LogP contribution in [-0.4, -0.2) is 9.59 Å². The highest BCUT2D eigenvalue weighted by atomic mass is 127. The van der Waals surface area contributed by atoms with Crippen LogP contribution in [0.5, 0.6) is 5.75 Å². The van der Waals surface area contributed by atoms with Crippen LogP contribution >= 0.6 is 34.1 Å². The van der Waals surface area contributed by atoms with Gasteiger partial charge in [0.1, 0.15) is 12.4 Å². The molecular weight excluding hydrogens is 323 g/mol. The van der Waals surface area contributed by atoms with Crippen LogP contribution < -0.4 is 4.74 Å². The van der Waals surface area contributed by atoms with E-state index in [4.69, 9.17) is 4.74 Å². The number of hydrogen-bond acceptors (Lipinski definition) is 4. The highest BCUT2D eigenvalue weighted by molar-refractivity contribution is 14.1. The van der Waals surface area contributed by atoms with Gasteiger partial charge in [-0.2, -0.15) is 0 Å². The molecule has 3 nitrogen and oxygen atoms in total. The van der Waals surface area contributed by atoms with E-state index in [1.165, 1.54) is 15.1 Å². The van der Waals surface area contributed by atoms with Crippen molar-refractivity contribution in [2.75, 3.05) is 0 Å². The molecule has 1 aromatic carbocycles. The van der Waals surface area contributed by atoms with E-state index in [0.29, 0.717) is 6.61 Å². The molecule has 0 aliphatic carbocycles. The van der Waals surface area contributed by atoms with Crippen molar-refractivity contribution in [3.05, 3.63) is 38.4 Å². The maximum absolute atomic E-state index is 5.61. The van der Waals surface area contributed by atoms with E-state index < -0.39 is 0 Å². The molecule has 0 aliphatic rings. The van der Waals surface area contributed by atoms with Crippen molar-refractivity contribution in [3.63, 3.8) is 0 Å². The summed E-state index contributed by atoms with van der Waals surface area (Å²) in [6.45, 7) is 2.49. The topological polar surface area (TPSA) is 35.0 Å². The fraction of sp³-hybridized carbons (Fsp3) is 0.200. The van der Waals surface area contributed by atoms with E-state index in [-0.39, 0.29) is 0 Å². The third kappa shape index (κ3) is 2.88. The van der Waals surface area contributed by atoms with Crippen LogP contribution in [0.25, 0.3) is 0 Å². The van der Waals surface area contributed by atoms with E-state index in [1.807, 2.05) is 31.2 Å². The average Bonchev–Trinajstić information content (AvgIpc) is 2.63. The van der Waals surface area contributed by atoms with Gasteiger partial charge < -0.3 is 4.74 Å². The van der Waals surface area contributed by atoms with Gasteiger partial charge in [-0.1, -0.05) is 4.49 Å². The van der Waals surface area contributed by atoms with Crippen LogP contribution in [0.4, 0.5) is 0 Å². The largest absolute Gasteiger partial charge is 0.488 e. The summed E-state index contributed by atoms with van der Waals surface area (Å²) in [5.74, 6) is 0.878. The van der Waals surface area contributed by atoms with Gasteiger partial charge in [-0.25, -0.2) is 0 Å². The third-order valence-electron chi connectivity index (χ3n) is 1.93. The highest BCUT2D eigenvalue weighted by Crippen LogP contribution is 2.17. The first-order valence-electron chi connectivity index (χ1n) is 4.42. The van der Waals surface area contributed by atoms with Crippen LogP contribution in [0.15, 0.2) is 24.3 Å². The number of benzene rings is 1. The number of hydrogen-bond donors (Lipinski definition) is 0. The second kappa shape index (κ2) is 4.89. The summed E-state index contributed by atoms with van der Waals surface area (Å²) in [5, 5.41) is 3.93. The normalized spacial score (nSPS) is 10.3. The molecule has 0 N–H and O–H groups in total. The number of nitrogens with zero attached hydrogens (tertiary/aromatic N) is 2. The summed E-state index contributed by atoms with van der Waals surface area (Å²) in [5.41, 5.74) is 0.950. The van der Waals surface area contributed by atoms with E-state index in [0.717, 1.165) is 16.3 Å². The molecule has 0 bridgehead atoms. The Morgan fingerprint density at radius 1 is 1.33 bits per heavy atom. The Bertz CT molecular complexity index is 441. The SMILES string of the molecule is Cc1nnsc1COc1ccc(I)cc1. The van der Waals surface area contributed by atoms with Crippen LogP contribution in [0.2, 0.25) is 0 Å². The molecule has 1 heterocycles. The van der Waals surface area contributed by atoms with E-state index in [1.54, 1.807) is 0 Å². The Morgan fingerprint density at radius 2 is 2.07 bits per heavy atom. The lowest BCUT2D eigenvalue weighted by molar-refractivity contribution is 0.308. The predicted octanol–water partition coefficient (Wildman–Crippen LogP) is 3.03. The number of rotatable bonds is 3. The van der Waals surface area contributed by atoms with Crippen molar-refractivity contribution in [3.8, 4) is 5.75 Å². The molecule has 2 aromatic rings. The lowest BCUT2D eigenvalue weighted by Crippen LogP contribution is -1.94. The number of aryl methyl sites for hydroxylation is 1. The summed E-state index contributed by atoms with van der Waals surface area (Å²) in [6, 6.07) is 7.97. The summed E-state index contributed by atoms with van der Waals surface area (Å²) < 4.78 is 10.7. The maximum atomic E-state index is 5.61. The molecule has 78 valence electrons. The molecule has 1 aromatic heterocycles. The van der Waals surface area contributed by atoms with E-state index >= 15 is 0 Å². The Labute approximate surface area is 106 Å². The van der Waals surface area contributed by atoms with Crippen molar-refractivity contribution < 1.29 is 4.74 Å². The van der Waals surface area contributed by atoms with Gasteiger partial charge in [0.2, 0.25) is 0 Å². The molecule has 0 saturated carbocycles. The van der Waals surface area contributed by atoms with Gasteiger partial charge in [-0.05, 0) is 65.3 Å². The highest BCUT2D eigenvalue weighted by Gasteiger charge is 2.03. The number of ether oxygens (including phenoxy) is 1. The molecule has 0 fully saturated rings. The molecule has 0 amide bonds. The second-order valence-corrected chi connectivity index (χ2v) is 5.11. The Hall–Kier alpha value is -0.690. The smallest absolute Gasteiger partial charge is 0.126 e. The lowest BCUT2D eigenvalue weighted by Gasteiger charge is -2.04. The van der Waals surface area contributed by atoms with Gasteiger partial charge in [0.15, 0.2) is 0 Å². The molecule has 0 radical (unpaired) electrons. The monoisotopic (exact) mass is 332 g/mol. The van der Waals surface area contributed by atoms with Gasteiger partial charge in [-0.15, -0.1) is 5.10 Å². The Balaban J connectivity index is 1.99. The molecule has 2 rings (SSSR count). The van der Waals surface area contributed by atoms with Crippen LogP contribution in [-0.2, 0) is 6.61 Å². The predicted molar refractivity (Wildman–Crippen MR) is 68.1 cm³/mol. The van der Waals surface area contributed by atoms with Crippen LogP contribution in [0.1, 0.15) is 10.6 Å². The van der Waals surface area contributed by atoms with E-state index in [9.17, 15) is 0 Å². The van der Waals surface area contributed by atoms with Gasteiger partial charge in [0.05, 0.1) is 10.6 Å². The summed E-state index contributed by atoms with van der Waals surface area (Å²) in [6.07, 6.45) is 0. The molecule has 15 heavy (non-hydrogen) atoms. The minimum Gasteiger partial charge on any atom is -0.488 e. The van der Waals surface area contributed by atoms with Gasteiger partial charge >= 0.3 is 0 Å². The molecule has 0 aliphatic heterocycles. The van der Waals surface area contributed by atoms with Crippen LogP contribution in [0.3, 0.4) is 0 Å². The van der Waals surface area contributed by atoms with Crippen molar-refractivity contribution in [2.45, 2.75) is 13.5 Å². The Kier molecular flexibility index (Phi) is 3.53. The summed E-state index contributed by atoms with van der Waals surface area (Å²) in [7, 11) is 0. The zero-order chi connectivity index (χ0) is 10.7. The molecular formula is C10H9IN2OS. The van der Waals surface area contributed by atoms with Crippen molar-refractivity contribution in [1.29, 1.82) is 0 Å². The summed E-state index contributed by atoms with van der Waals surface area (Å²) in [4.78, 5) is 1.08. The lowest BCUT2D eigenvalue weighted by atomic mass is 10.3. The molecule has 0 spiro atoms. The molecule has 0 saturated heterocycles. The fourth-order valence-corrected chi connectivity index (χ4v) is 1.97. The Morgan fingerprint density at radius 3 is 2.67 bits per heavy atom. The summed E-state index contributed by atoms with van der Waals surface area (Å²) >= 11 is 3.65. The number of aromatic nitrogens is 2. The standard InChI is InChI=1S/C10H9IN2OS/c1-7-10(15-13-12-7)6-14-9-4-2-8(11)3-5-9/h2-5H,6H2,1H3. The zero-order valence-corrected chi connectivity index (χ0v) is 11.1. The average molecular weight is 332 g/mol.